The molecule has 14 heavy (non-hydrogen) atoms. The minimum Gasteiger partial charge on any atom is -0.321 e. The van der Waals surface area contributed by atoms with E-state index in [9.17, 15) is 0 Å². The SMILES string of the molecule is C=NN(C)/C(=N\N)SCCCC(C)C. The van der Waals surface area contributed by atoms with E-state index in [4.69, 9.17) is 5.84 Å². The topological polar surface area (TPSA) is 54.0 Å². The first-order chi connectivity index (χ1) is 6.61. The Morgan fingerprint density at radius 3 is 2.64 bits per heavy atom. The van der Waals surface area contributed by atoms with Crippen molar-refractivity contribution in [2.24, 2.45) is 22.0 Å². The molecule has 0 aromatic rings. The molecule has 0 aliphatic rings. The Labute approximate surface area is 90.6 Å². The van der Waals surface area contributed by atoms with Gasteiger partial charge in [0.1, 0.15) is 0 Å². The zero-order chi connectivity index (χ0) is 11.0. The van der Waals surface area contributed by atoms with Crippen LogP contribution in [0.15, 0.2) is 10.2 Å². The van der Waals surface area contributed by atoms with Gasteiger partial charge in [-0.1, -0.05) is 32.0 Å². The quantitative estimate of drug-likeness (QED) is 0.251. The number of nitrogens with zero attached hydrogens (tertiary/aromatic N) is 3. The molecular formula is C9H20N4S. The minimum atomic E-state index is 0.712. The minimum absolute atomic E-state index is 0.712. The highest BCUT2D eigenvalue weighted by Gasteiger charge is 2.04. The Hall–Kier alpha value is -0.710. The molecule has 0 aliphatic heterocycles. The largest absolute Gasteiger partial charge is 0.321 e. The van der Waals surface area contributed by atoms with E-state index in [-0.39, 0.29) is 0 Å². The lowest BCUT2D eigenvalue weighted by atomic mass is 10.1. The molecule has 0 spiro atoms. The number of hydrazone groups is 2. The summed E-state index contributed by atoms with van der Waals surface area (Å²) in [5.74, 6) is 7.00. The second-order valence-electron chi connectivity index (χ2n) is 3.46. The van der Waals surface area contributed by atoms with Crippen LogP contribution < -0.4 is 5.84 Å². The van der Waals surface area contributed by atoms with Crippen molar-refractivity contribution in [1.82, 2.24) is 5.01 Å². The molecule has 0 aliphatic carbocycles. The van der Waals surface area contributed by atoms with Crippen LogP contribution in [0.2, 0.25) is 0 Å². The number of nitrogens with two attached hydrogens (primary N) is 1. The third-order valence-corrected chi connectivity index (χ3v) is 2.88. The van der Waals surface area contributed by atoms with Crippen molar-refractivity contribution >= 4 is 23.6 Å². The average molecular weight is 216 g/mol. The molecule has 0 atom stereocenters. The van der Waals surface area contributed by atoms with E-state index < -0.39 is 0 Å². The predicted octanol–water partition coefficient (Wildman–Crippen LogP) is 1.93. The fourth-order valence-corrected chi connectivity index (χ4v) is 1.74. The highest BCUT2D eigenvalue weighted by Crippen LogP contribution is 2.12. The number of rotatable bonds is 5. The van der Waals surface area contributed by atoms with E-state index in [2.05, 4.69) is 30.8 Å². The van der Waals surface area contributed by atoms with Crippen molar-refractivity contribution in [3.8, 4) is 0 Å². The summed E-state index contributed by atoms with van der Waals surface area (Å²) < 4.78 is 0. The van der Waals surface area contributed by atoms with E-state index in [0.717, 1.165) is 11.7 Å². The molecule has 0 rings (SSSR count). The maximum atomic E-state index is 5.23. The van der Waals surface area contributed by atoms with Crippen molar-refractivity contribution in [3.05, 3.63) is 0 Å². The molecule has 0 bridgehead atoms. The highest BCUT2D eigenvalue weighted by atomic mass is 32.2. The zero-order valence-corrected chi connectivity index (χ0v) is 10.0. The van der Waals surface area contributed by atoms with E-state index in [1.54, 1.807) is 23.8 Å². The maximum absolute atomic E-state index is 5.23. The summed E-state index contributed by atoms with van der Waals surface area (Å²) in [4.78, 5) is 0. The molecule has 82 valence electrons. The number of hydrogen-bond acceptors (Lipinski definition) is 4. The van der Waals surface area contributed by atoms with Crippen LogP contribution in [0.4, 0.5) is 0 Å². The van der Waals surface area contributed by atoms with Crippen LogP contribution in [-0.4, -0.2) is 29.7 Å². The second kappa shape index (κ2) is 7.67. The van der Waals surface area contributed by atoms with Crippen molar-refractivity contribution < 1.29 is 0 Å². The molecule has 0 fully saturated rings. The number of hydrogen-bond donors (Lipinski definition) is 1. The summed E-state index contributed by atoms with van der Waals surface area (Å²) in [5.41, 5.74) is 0. The van der Waals surface area contributed by atoms with Crippen molar-refractivity contribution in [2.45, 2.75) is 26.7 Å². The Bertz CT molecular complexity index is 191. The lowest BCUT2D eigenvalue weighted by molar-refractivity contribution is 0.558. The van der Waals surface area contributed by atoms with Gasteiger partial charge >= 0.3 is 0 Å². The van der Waals surface area contributed by atoms with Crippen LogP contribution in [0.5, 0.6) is 0 Å². The van der Waals surface area contributed by atoms with Crippen molar-refractivity contribution in [1.29, 1.82) is 0 Å². The van der Waals surface area contributed by atoms with Gasteiger partial charge in [0.2, 0.25) is 5.17 Å². The first-order valence-electron chi connectivity index (χ1n) is 4.72. The molecule has 0 heterocycles. The molecular weight excluding hydrogens is 196 g/mol. The summed E-state index contributed by atoms with van der Waals surface area (Å²) in [6, 6.07) is 0. The summed E-state index contributed by atoms with van der Waals surface area (Å²) in [6.07, 6.45) is 2.41. The van der Waals surface area contributed by atoms with Crippen molar-refractivity contribution in [3.63, 3.8) is 0 Å². The molecule has 0 aromatic carbocycles. The van der Waals surface area contributed by atoms with Gasteiger partial charge in [0.25, 0.3) is 0 Å². The smallest absolute Gasteiger partial charge is 0.202 e. The summed E-state index contributed by atoms with van der Waals surface area (Å²) >= 11 is 1.61. The van der Waals surface area contributed by atoms with Crippen LogP contribution in [0.3, 0.4) is 0 Å². The van der Waals surface area contributed by atoms with Gasteiger partial charge < -0.3 is 5.84 Å². The second-order valence-corrected chi connectivity index (χ2v) is 4.52. The Morgan fingerprint density at radius 2 is 2.21 bits per heavy atom. The first-order valence-corrected chi connectivity index (χ1v) is 5.71. The average Bonchev–Trinajstić information content (AvgIpc) is 2.16. The standard InChI is InChI=1S/C9H20N4S/c1-8(2)6-5-7-14-9(12-10)13(4)11-3/h8H,3,5-7,10H2,1-2,4H3/b12-9+. The Kier molecular flexibility index (Phi) is 7.28. The molecule has 0 amide bonds. The van der Waals surface area contributed by atoms with Gasteiger partial charge in [0.05, 0.1) is 0 Å². The van der Waals surface area contributed by atoms with E-state index in [1.165, 1.54) is 12.8 Å². The number of thioether (sulfide) groups is 1. The Balaban J connectivity index is 3.70. The predicted molar refractivity (Wildman–Crippen MR) is 65.5 cm³/mol. The van der Waals surface area contributed by atoms with Gasteiger partial charge in [0, 0.05) is 19.5 Å². The van der Waals surface area contributed by atoms with E-state index in [0.29, 0.717) is 5.17 Å². The van der Waals surface area contributed by atoms with Gasteiger partial charge in [0.15, 0.2) is 0 Å². The summed E-state index contributed by atoms with van der Waals surface area (Å²) in [5, 5.41) is 9.67. The monoisotopic (exact) mass is 216 g/mol. The van der Waals surface area contributed by atoms with Gasteiger partial charge in [-0.15, -0.1) is 0 Å². The molecule has 0 saturated carbocycles. The van der Waals surface area contributed by atoms with Crippen LogP contribution in [-0.2, 0) is 0 Å². The van der Waals surface area contributed by atoms with Gasteiger partial charge in [-0.3, -0.25) is 0 Å². The van der Waals surface area contributed by atoms with Crippen LogP contribution in [0.1, 0.15) is 26.7 Å². The van der Waals surface area contributed by atoms with Crippen LogP contribution >= 0.6 is 11.8 Å². The lowest BCUT2D eigenvalue weighted by Gasteiger charge is -2.13. The third-order valence-electron chi connectivity index (χ3n) is 1.76. The number of amidine groups is 1. The third kappa shape index (κ3) is 5.85. The van der Waals surface area contributed by atoms with E-state index in [1.807, 2.05) is 0 Å². The normalized spacial score (nSPS) is 11.9. The Morgan fingerprint density at radius 1 is 1.57 bits per heavy atom. The highest BCUT2D eigenvalue weighted by molar-refractivity contribution is 8.13. The summed E-state index contributed by atoms with van der Waals surface area (Å²) in [6.45, 7) is 7.86. The van der Waals surface area contributed by atoms with Gasteiger partial charge in [-0.2, -0.15) is 10.2 Å². The molecule has 4 nitrogen and oxygen atoms in total. The van der Waals surface area contributed by atoms with E-state index >= 15 is 0 Å². The fourth-order valence-electron chi connectivity index (χ4n) is 0.930. The zero-order valence-electron chi connectivity index (χ0n) is 9.23. The van der Waals surface area contributed by atoms with Crippen LogP contribution in [0, 0.1) is 5.92 Å². The van der Waals surface area contributed by atoms with Crippen molar-refractivity contribution in [2.75, 3.05) is 12.8 Å². The first kappa shape index (κ1) is 13.3. The fraction of sp³-hybridized carbons (Fsp3) is 0.778. The molecule has 0 radical (unpaired) electrons. The summed E-state index contributed by atoms with van der Waals surface area (Å²) in [7, 11) is 1.79. The molecule has 0 unspecified atom stereocenters. The van der Waals surface area contributed by atoms with Gasteiger partial charge in [-0.05, 0) is 12.3 Å². The maximum Gasteiger partial charge on any atom is 0.202 e. The van der Waals surface area contributed by atoms with Gasteiger partial charge in [-0.25, -0.2) is 5.01 Å². The molecule has 5 heteroatoms. The molecule has 0 saturated heterocycles. The lowest BCUT2D eigenvalue weighted by Crippen LogP contribution is -2.19. The van der Waals surface area contributed by atoms with Crippen LogP contribution in [0.25, 0.3) is 0 Å². The molecule has 2 N–H and O–H groups in total. The molecule has 0 aromatic heterocycles.